The Bertz CT molecular complexity index is 569. The maximum Gasteiger partial charge on any atom is 0.326 e. The lowest BCUT2D eigenvalue weighted by molar-refractivity contribution is -0.138. The minimum absolute atomic E-state index is 0.449. The third kappa shape index (κ3) is 1.64. The van der Waals surface area contributed by atoms with Crippen molar-refractivity contribution in [1.82, 2.24) is 9.97 Å². The highest BCUT2D eigenvalue weighted by atomic mass is 32.1. The average Bonchev–Trinajstić information content (AvgIpc) is 2.97. The van der Waals surface area contributed by atoms with Gasteiger partial charge in [-0.3, -0.25) is 0 Å². The Hall–Kier alpha value is -1.69. The van der Waals surface area contributed by atoms with Crippen LogP contribution in [0.2, 0.25) is 0 Å². The van der Waals surface area contributed by atoms with Crippen LogP contribution in [-0.2, 0) is 4.79 Å². The minimum Gasteiger partial charge on any atom is -0.480 e. The fourth-order valence-electron chi connectivity index (χ4n) is 2.26. The molecule has 6 heteroatoms. The molecule has 1 atom stereocenters. The molecule has 1 N–H and O–H groups in total. The van der Waals surface area contributed by atoms with Crippen molar-refractivity contribution >= 4 is 33.3 Å². The number of hydrogen-bond donors (Lipinski definition) is 1. The summed E-state index contributed by atoms with van der Waals surface area (Å²) < 4.78 is 0.973. The molecule has 3 rings (SSSR count). The zero-order valence-electron chi connectivity index (χ0n) is 9.04. The molecular weight excluding hydrogens is 238 g/mol. The number of thiophene rings is 1. The summed E-state index contributed by atoms with van der Waals surface area (Å²) in [6.07, 6.45) is 3.08. The van der Waals surface area contributed by atoms with Gasteiger partial charge >= 0.3 is 5.97 Å². The van der Waals surface area contributed by atoms with Gasteiger partial charge in [0.05, 0.1) is 10.2 Å². The summed E-state index contributed by atoms with van der Waals surface area (Å²) >= 11 is 1.55. The van der Waals surface area contributed by atoms with E-state index >= 15 is 0 Å². The standard InChI is InChI=1S/C11H11N3O2S/c15-11(16)8-2-1-4-14(8)10-9-7(3-5-17-9)12-6-13-10/h3,5-6,8H,1-2,4H2,(H,15,16)/t8-/m0/s1. The predicted molar refractivity (Wildman–Crippen MR) is 65.4 cm³/mol. The number of fused-ring (bicyclic) bond motifs is 1. The normalized spacial score (nSPS) is 20.0. The first kappa shape index (κ1) is 10.5. The van der Waals surface area contributed by atoms with Gasteiger partial charge in [-0.1, -0.05) is 0 Å². The highest BCUT2D eigenvalue weighted by molar-refractivity contribution is 7.17. The second-order valence-corrected chi connectivity index (χ2v) is 4.94. The summed E-state index contributed by atoms with van der Waals surface area (Å²) in [7, 11) is 0. The van der Waals surface area contributed by atoms with Gasteiger partial charge in [0.25, 0.3) is 0 Å². The number of aliphatic carboxylic acids is 1. The van der Waals surface area contributed by atoms with Gasteiger partial charge in [-0.15, -0.1) is 11.3 Å². The van der Waals surface area contributed by atoms with Crippen molar-refractivity contribution in [2.24, 2.45) is 0 Å². The summed E-state index contributed by atoms with van der Waals surface area (Å²) in [4.78, 5) is 21.5. The molecule has 0 saturated carbocycles. The van der Waals surface area contributed by atoms with Crippen LogP contribution in [0.15, 0.2) is 17.8 Å². The zero-order chi connectivity index (χ0) is 11.8. The van der Waals surface area contributed by atoms with Crippen LogP contribution in [0, 0.1) is 0 Å². The average molecular weight is 249 g/mol. The van der Waals surface area contributed by atoms with E-state index < -0.39 is 12.0 Å². The van der Waals surface area contributed by atoms with Gasteiger partial charge in [0.15, 0.2) is 5.82 Å². The Balaban J connectivity index is 2.08. The first-order valence-corrected chi connectivity index (χ1v) is 6.33. The van der Waals surface area contributed by atoms with Crippen molar-refractivity contribution < 1.29 is 9.90 Å². The van der Waals surface area contributed by atoms with E-state index in [1.165, 1.54) is 6.33 Å². The van der Waals surface area contributed by atoms with Crippen LogP contribution in [0.5, 0.6) is 0 Å². The number of rotatable bonds is 2. The van der Waals surface area contributed by atoms with Crippen molar-refractivity contribution in [3.8, 4) is 0 Å². The lowest BCUT2D eigenvalue weighted by Crippen LogP contribution is -2.36. The Morgan fingerprint density at radius 2 is 2.41 bits per heavy atom. The molecule has 0 amide bonds. The monoisotopic (exact) mass is 249 g/mol. The summed E-state index contributed by atoms with van der Waals surface area (Å²) in [5.41, 5.74) is 0.885. The van der Waals surface area contributed by atoms with Gasteiger partial charge in [-0.2, -0.15) is 0 Å². The molecule has 2 aromatic heterocycles. The van der Waals surface area contributed by atoms with E-state index in [4.69, 9.17) is 0 Å². The van der Waals surface area contributed by atoms with Crippen LogP contribution in [0.25, 0.3) is 10.2 Å². The van der Waals surface area contributed by atoms with E-state index in [1.807, 2.05) is 16.3 Å². The molecule has 88 valence electrons. The SMILES string of the molecule is O=C(O)[C@@H]1CCCN1c1ncnc2ccsc12. The molecule has 3 heterocycles. The third-order valence-corrected chi connectivity index (χ3v) is 3.93. The number of hydrogen-bond acceptors (Lipinski definition) is 5. The maximum atomic E-state index is 11.2. The van der Waals surface area contributed by atoms with Crippen LogP contribution in [0.3, 0.4) is 0 Å². The van der Waals surface area contributed by atoms with Gasteiger partial charge < -0.3 is 10.0 Å². The zero-order valence-corrected chi connectivity index (χ0v) is 9.85. The third-order valence-electron chi connectivity index (χ3n) is 3.03. The second-order valence-electron chi connectivity index (χ2n) is 4.02. The van der Waals surface area contributed by atoms with Gasteiger partial charge in [0.2, 0.25) is 0 Å². The Morgan fingerprint density at radius 1 is 1.53 bits per heavy atom. The molecule has 0 bridgehead atoms. The van der Waals surface area contributed by atoms with Gasteiger partial charge in [0, 0.05) is 6.54 Å². The second kappa shape index (κ2) is 3.96. The fourth-order valence-corrected chi connectivity index (χ4v) is 3.11. The van der Waals surface area contributed by atoms with Crippen LogP contribution in [0.4, 0.5) is 5.82 Å². The molecule has 5 nitrogen and oxygen atoms in total. The van der Waals surface area contributed by atoms with Crippen LogP contribution >= 0.6 is 11.3 Å². The molecule has 0 radical (unpaired) electrons. The van der Waals surface area contributed by atoms with Gasteiger partial charge in [-0.05, 0) is 24.3 Å². The first-order chi connectivity index (χ1) is 8.27. The molecule has 0 spiro atoms. The van der Waals surface area contributed by atoms with E-state index in [2.05, 4.69) is 9.97 Å². The molecule has 17 heavy (non-hydrogen) atoms. The Morgan fingerprint density at radius 3 is 3.24 bits per heavy atom. The molecule has 1 fully saturated rings. The van der Waals surface area contributed by atoms with Crippen LogP contribution in [-0.4, -0.2) is 33.6 Å². The summed E-state index contributed by atoms with van der Waals surface area (Å²) in [6, 6.07) is 1.48. The number of aromatic nitrogens is 2. The smallest absolute Gasteiger partial charge is 0.326 e. The van der Waals surface area contributed by atoms with E-state index in [0.717, 1.165) is 29.0 Å². The predicted octanol–water partition coefficient (Wildman–Crippen LogP) is 1.74. The highest BCUT2D eigenvalue weighted by Crippen LogP contribution is 2.32. The van der Waals surface area contributed by atoms with Crippen molar-refractivity contribution in [3.05, 3.63) is 17.8 Å². The number of nitrogens with zero attached hydrogens (tertiary/aromatic N) is 3. The molecule has 0 aromatic carbocycles. The lowest BCUT2D eigenvalue weighted by Gasteiger charge is -2.22. The van der Waals surface area contributed by atoms with Gasteiger partial charge in [-0.25, -0.2) is 14.8 Å². The molecule has 2 aromatic rings. The number of carboxylic acids is 1. The first-order valence-electron chi connectivity index (χ1n) is 5.45. The fraction of sp³-hybridized carbons (Fsp3) is 0.364. The molecule has 1 saturated heterocycles. The largest absolute Gasteiger partial charge is 0.480 e. The van der Waals surface area contributed by atoms with E-state index in [9.17, 15) is 9.90 Å². The Labute approximate surface area is 102 Å². The highest BCUT2D eigenvalue weighted by Gasteiger charge is 2.32. The maximum absolute atomic E-state index is 11.2. The van der Waals surface area contributed by atoms with E-state index in [-0.39, 0.29) is 0 Å². The van der Waals surface area contributed by atoms with Gasteiger partial charge in [0.1, 0.15) is 12.4 Å². The van der Waals surface area contributed by atoms with Crippen molar-refractivity contribution in [2.45, 2.75) is 18.9 Å². The van der Waals surface area contributed by atoms with Crippen molar-refractivity contribution in [3.63, 3.8) is 0 Å². The topological polar surface area (TPSA) is 66.3 Å². The van der Waals surface area contributed by atoms with E-state index in [0.29, 0.717) is 6.42 Å². The summed E-state index contributed by atoms with van der Waals surface area (Å²) in [5, 5.41) is 11.1. The molecule has 0 unspecified atom stereocenters. The van der Waals surface area contributed by atoms with E-state index in [1.54, 1.807) is 11.3 Å². The van der Waals surface area contributed by atoms with Crippen molar-refractivity contribution in [2.75, 3.05) is 11.4 Å². The quantitative estimate of drug-likeness (QED) is 0.878. The molecule has 0 aliphatic carbocycles. The number of carbonyl (C=O) groups is 1. The molecule has 1 aliphatic heterocycles. The number of anilines is 1. The van der Waals surface area contributed by atoms with Crippen LogP contribution in [0.1, 0.15) is 12.8 Å². The lowest BCUT2D eigenvalue weighted by atomic mass is 10.2. The molecule has 1 aliphatic rings. The summed E-state index contributed by atoms with van der Waals surface area (Å²) in [6.45, 7) is 0.751. The Kier molecular flexibility index (Phi) is 2.44. The van der Waals surface area contributed by atoms with Crippen molar-refractivity contribution in [1.29, 1.82) is 0 Å². The molecular formula is C11H11N3O2S. The minimum atomic E-state index is -0.772. The summed E-state index contributed by atoms with van der Waals surface area (Å²) in [5.74, 6) is -0.0132. The number of carboxylic acid groups (broad SMARTS) is 1. The van der Waals surface area contributed by atoms with Crippen LogP contribution < -0.4 is 4.90 Å².